The van der Waals surface area contributed by atoms with Gasteiger partial charge in [0.25, 0.3) is 0 Å². The molecule has 3 rings (SSSR count). The fourth-order valence-electron chi connectivity index (χ4n) is 3.75. The Morgan fingerprint density at radius 3 is 2.81 bits per heavy atom. The monoisotopic (exact) mass is 287 g/mol. The molecule has 2 fully saturated rings. The number of carbonyl (C=O) groups excluding carboxylic acids is 1. The lowest BCUT2D eigenvalue weighted by atomic mass is 9.77. The summed E-state index contributed by atoms with van der Waals surface area (Å²) in [6.07, 6.45) is 10.9. The summed E-state index contributed by atoms with van der Waals surface area (Å²) in [5, 5.41) is 6.72. The van der Waals surface area contributed by atoms with Gasteiger partial charge in [-0.25, -0.2) is 0 Å². The quantitative estimate of drug-likeness (QED) is 0.898. The summed E-state index contributed by atoms with van der Waals surface area (Å²) in [4.78, 5) is 16.5. The van der Waals surface area contributed by atoms with Crippen molar-refractivity contribution in [2.75, 3.05) is 0 Å². The van der Waals surface area contributed by atoms with Crippen LogP contribution in [0.1, 0.15) is 57.1 Å². The van der Waals surface area contributed by atoms with E-state index in [1.807, 2.05) is 19.1 Å². The lowest BCUT2D eigenvalue weighted by Gasteiger charge is -2.40. The molecule has 3 unspecified atom stereocenters. The number of pyridine rings is 1. The van der Waals surface area contributed by atoms with Crippen LogP contribution < -0.4 is 10.6 Å². The van der Waals surface area contributed by atoms with Crippen molar-refractivity contribution in [1.29, 1.82) is 0 Å². The third-order valence-electron chi connectivity index (χ3n) is 5.03. The second-order valence-electron chi connectivity index (χ2n) is 6.46. The maximum absolute atomic E-state index is 12.5. The average molecular weight is 287 g/mol. The van der Waals surface area contributed by atoms with Gasteiger partial charge in [0, 0.05) is 18.4 Å². The van der Waals surface area contributed by atoms with E-state index in [4.69, 9.17) is 0 Å². The molecule has 2 aliphatic rings. The van der Waals surface area contributed by atoms with Crippen molar-refractivity contribution in [1.82, 2.24) is 15.6 Å². The van der Waals surface area contributed by atoms with Gasteiger partial charge in [0.15, 0.2) is 0 Å². The molecule has 4 heteroatoms. The molecule has 1 saturated carbocycles. The Morgan fingerprint density at radius 1 is 1.24 bits per heavy atom. The van der Waals surface area contributed by atoms with Crippen molar-refractivity contribution in [3.8, 4) is 0 Å². The minimum atomic E-state index is -0.0198. The van der Waals surface area contributed by atoms with Gasteiger partial charge in [-0.2, -0.15) is 0 Å². The van der Waals surface area contributed by atoms with Crippen LogP contribution in [0.25, 0.3) is 0 Å². The smallest absolute Gasteiger partial charge is 0.237 e. The molecule has 1 amide bonds. The van der Waals surface area contributed by atoms with Crippen LogP contribution in [0.15, 0.2) is 24.5 Å². The molecule has 0 spiro atoms. The van der Waals surface area contributed by atoms with Gasteiger partial charge in [-0.15, -0.1) is 0 Å². The van der Waals surface area contributed by atoms with Crippen LogP contribution in [0.5, 0.6) is 0 Å². The van der Waals surface area contributed by atoms with Crippen LogP contribution >= 0.6 is 0 Å². The van der Waals surface area contributed by atoms with E-state index >= 15 is 0 Å². The van der Waals surface area contributed by atoms with Crippen molar-refractivity contribution in [2.45, 2.75) is 63.6 Å². The number of nitrogens with zero attached hydrogens (tertiary/aromatic N) is 1. The van der Waals surface area contributed by atoms with Crippen molar-refractivity contribution in [2.24, 2.45) is 5.92 Å². The Hall–Kier alpha value is -1.42. The summed E-state index contributed by atoms with van der Waals surface area (Å²) in [6.45, 7) is 2.03. The molecular weight excluding hydrogens is 262 g/mol. The zero-order chi connectivity index (χ0) is 14.7. The predicted octanol–water partition coefficient (Wildman–Crippen LogP) is 2.57. The highest BCUT2D eigenvalue weighted by Gasteiger charge is 2.34. The van der Waals surface area contributed by atoms with E-state index in [0.717, 1.165) is 17.9 Å². The Bertz CT molecular complexity index is 476. The molecule has 4 nitrogen and oxygen atoms in total. The number of aromatic nitrogens is 1. The summed E-state index contributed by atoms with van der Waals surface area (Å²) >= 11 is 0. The second kappa shape index (κ2) is 6.56. The summed E-state index contributed by atoms with van der Waals surface area (Å²) < 4.78 is 0. The summed E-state index contributed by atoms with van der Waals surface area (Å²) in [6, 6.07) is 4.48. The lowest BCUT2D eigenvalue weighted by molar-refractivity contribution is -0.125. The van der Waals surface area contributed by atoms with E-state index in [9.17, 15) is 4.79 Å². The first-order chi connectivity index (χ1) is 10.2. The molecule has 0 bridgehead atoms. The normalized spacial score (nSPS) is 30.2. The van der Waals surface area contributed by atoms with Crippen LogP contribution in [-0.2, 0) is 4.79 Å². The van der Waals surface area contributed by atoms with Crippen molar-refractivity contribution in [3.05, 3.63) is 30.1 Å². The standard InChI is InChI=1S/C17H25N3O/c1-12(13-8-10-18-11-9-13)19-17(21)16-7-6-14-4-2-3-5-15(14)20-16/h8-12,14-16,20H,2-7H2,1H3,(H,19,21)/t12-,14?,15?,16?/m1/s1. The van der Waals surface area contributed by atoms with E-state index in [-0.39, 0.29) is 18.0 Å². The summed E-state index contributed by atoms with van der Waals surface area (Å²) in [5.74, 6) is 0.934. The van der Waals surface area contributed by atoms with Gasteiger partial charge in [0.05, 0.1) is 12.1 Å². The van der Waals surface area contributed by atoms with Gasteiger partial charge in [0.2, 0.25) is 5.91 Å². The molecule has 1 aliphatic heterocycles. The molecule has 0 radical (unpaired) electrons. The Labute approximate surface area is 126 Å². The molecular formula is C17H25N3O. The highest BCUT2D eigenvalue weighted by Crippen LogP contribution is 2.32. The molecule has 2 heterocycles. The van der Waals surface area contributed by atoms with Gasteiger partial charge in [-0.1, -0.05) is 12.8 Å². The van der Waals surface area contributed by atoms with E-state index in [1.165, 1.54) is 32.1 Å². The predicted molar refractivity (Wildman–Crippen MR) is 82.7 cm³/mol. The molecule has 4 atom stereocenters. The maximum atomic E-state index is 12.5. The van der Waals surface area contributed by atoms with Crippen molar-refractivity contribution < 1.29 is 4.79 Å². The fourth-order valence-corrected chi connectivity index (χ4v) is 3.75. The highest BCUT2D eigenvalue weighted by molar-refractivity contribution is 5.82. The molecule has 2 N–H and O–H groups in total. The van der Waals surface area contributed by atoms with Crippen molar-refractivity contribution >= 4 is 5.91 Å². The Morgan fingerprint density at radius 2 is 2.00 bits per heavy atom. The number of rotatable bonds is 3. The minimum Gasteiger partial charge on any atom is -0.348 e. The van der Waals surface area contributed by atoms with E-state index in [0.29, 0.717) is 6.04 Å². The third kappa shape index (κ3) is 3.43. The molecule has 21 heavy (non-hydrogen) atoms. The van der Waals surface area contributed by atoms with Crippen LogP contribution in [-0.4, -0.2) is 23.0 Å². The third-order valence-corrected chi connectivity index (χ3v) is 5.03. The highest BCUT2D eigenvalue weighted by atomic mass is 16.2. The van der Waals surface area contributed by atoms with E-state index < -0.39 is 0 Å². The van der Waals surface area contributed by atoms with Gasteiger partial charge in [-0.3, -0.25) is 9.78 Å². The van der Waals surface area contributed by atoms with Crippen LogP contribution in [0.4, 0.5) is 0 Å². The number of piperidine rings is 1. The topological polar surface area (TPSA) is 54.0 Å². The van der Waals surface area contributed by atoms with Gasteiger partial charge < -0.3 is 10.6 Å². The number of nitrogens with one attached hydrogen (secondary N) is 2. The average Bonchev–Trinajstić information content (AvgIpc) is 2.55. The first-order valence-electron chi connectivity index (χ1n) is 8.20. The molecule has 1 aromatic rings. The summed E-state index contributed by atoms with van der Waals surface area (Å²) in [5.41, 5.74) is 1.10. The second-order valence-corrected chi connectivity index (χ2v) is 6.46. The number of fused-ring (bicyclic) bond motifs is 1. The van der Waals surface area contributed by atoms with Crippen LogP contribution in [0.3, 0.4) is 0 Å². The minimum absolute atomic E-state index is 0.0198. The molecule has 114 valence electrons. The zero-order valence-corrected chi connectivity index (χ0v) is 12.7. The zero-order valence-electron chi connectivity index (χ0n) is 12.7. The molecule has 0 aromatic carbocycles. The lowest BCUT2D eigenvalue weighted by Crippen LogP contribution is -2.55. The molecule has 1 saturated heterocycles. The molecule has 1 aliphatic carbocycles. The van der Waals surface area contributed by atoms with Crippen LogP contribution in [0, 0.1) is 5.92 Å². The fraction of sp³-hybridized carbons (Fsp3) is 0.647. The van der Waals surface area contributed by atoms with E-state index in [2.05, 4.69) is 15.6 Å². The van der Waals surface area contributed by atoms with Gasteiger partial charge >= 0.3 is 0 Å². The Balaban J connectivity index is 1.56. The molecule has 1 aromatic heterocycles. The number of hydrogen-bond donors (Lipinski definition) is 2. The SMILES string of the molecule is C[C@@H](NC(=O)C1CCC2CCCCC2N1)c1ccncc1. The first-order valence-corrected chi connectivity index (χ1v) is 8.20. The number of hydrogen-bond acceptors (Lipinski definition) is 3. The first kappa shape index (κ1) is 14.5. The van der Waals surface area contributed by atoms with Gasteiger partial charge in [-0.05, 0) is 56.2 Å². The largest absolute Gasteiger partial charge is 0.348 e. The maximum Gasteiger partial charge on any atom is 0.237 e. The number of amides is 1. The number of carbonyl (C=O) groups is 1. The van der Waals surface area contributed by atoms with E-state index in [1.54, 1.807) is 12.4 Å². The summed E-state index contributed by atoms with van der Waals surface area (Å²) in [7, 11) is 0. The van der Waals surface area contributed by atoms with Gasteiger partial charge in [0.1, 0.15) is 0 Å². The van der Waals surface area contributed by atoms with Crippen molar-refractivity contribution in [3.63, 3.8) is 0 Å². The van der Waals surface area contributed by atoms with Crippen LogP contribution in [0.2, 0.25) is 0 Å². The Kier molecular flexibility index (Phi) is 4.54.